The van der Waals surface area contributed by atoms with Crippen LogP contribution in [0.4, 0.5) is 34.1 Å². The van der Waals surface area contributed by atoms with Crippen molar-refractivity contribution in [2.75, 3.05) is 9.80 Å². The van der Waals surface area contributed by atoms with Gasteiger partial charge >= 0.3 is 0 Å². The van der Waals surface area contributed by atoms with Crippen LogP contribution in [0.15, 0.2) is 437 Å². The number of benzene rings is 19. The second kappa shape index (κ2) is 30.0. The van der Waals surface area contributed by atoms with Crippen molar-refractivity contribution < 1.29 is 11.0 Å². The van der Waals surface area contributed by atoms with Gasteiger partial charge < -0.3 is 23.5 Å². The van der Waals surface area contributed by atoms with Crippen molar-refractivity contribution in [1.82, 2.24) is 13.7 Å². The number of hydrogen-bond donors (Lipinski definition) is 0. The van der Waals surface area contributed by atoms with E-state index in [0.717, 1.165) is 189 Å². The minimum absolute atomic E-state index is 0.00987. The first-order chi connectivity index (χ1) is 66.1. The number of aromatic nitrogens is 3. The van der Waals surface area contributed by atoms with Crippen LogP contribution >= 0.6 is 0 Å². The highest BCUT2D eigenvalue weighted by Crippen LogP contribution is 2.57. The predicted octanol–water partition coefficient (Wildman–Crippen LogP) is 31.0. The van der Waals surface area contributed by atoms with Gasteiger partial charge in [-0.25, -0.2) is 0 Å². The number of hydrogen-bond acceptors (Lipinski definition) is 2. The molecule has 22 aromatic rings. The van der Waals surface area contributed by atoms with Gasteiger partial charge in [-0.05, 0) is 232 Å². The Morgan fingerprint density at radius 3 is 0.945 bits per heavy atom. The summed E-state index contributed by atoms with van der Waals surface area (Å²) in [4.78, 5) is 5.09. The summed E-state index contributed by atoms with van der Waals surface area (Å²) in [7, 11) is 0. The maximum Gasteiger partial charge on any atom is 0.252 e. The smallest absolute Gasteiger partial charge is 0.252 e. The van der Waals surface area contributed by atoms with Crippen molar-refractivity contribution in [3.8, 4) is 106 Å². The van der Waals surface area contributed by atoms with Crippen LogP contribution in [0, 0.1) is 0 Å². The fraction of sp³-hybridized carbons (Fsp3) is 0.0656. The molecule has 606 valence electrons. The van der Waals surface area contributed by atoms with Crippen molar-refractivity contribution in [3.05, 3.63) is 448 Å². The second-order valence-corrected chi connectivity index (χ2v) is 36.1. The minimum Gasteiger partial charge on any atom is -0.310 e. The largest absolute Gasteiger partial charge is 0.310 e. The summed E-state index contributed by atoms with van der Waals surface area (Å²) in [5.74, 6) is 0. The predicted molar refractivity (Wildman–Crippen MR) is 544 cm³/mol. The first kappa shape index (κ1) is 67.7. The topological polar surface area (TPSA) is 21.3 Å². The molecule has 5 nitrogen and oxygen atoms in total. The van der Waals surface area contributed by atoms with Crippen molar-refractivity contribution >= 4 is 123 Å². The molecule has 128 heavy (non-hydrogen) atoms. The summed E-state index contributed by atoms with van der Waals surface area (Å²) >= 11 is 0. The first-order valence-electron chi connectivity index (χ1n) is 48.1. The van der Waals surface area contributed by atoms with E-state index >= 15 is 0 Å². The summed E-state index contributed by atoms with van der Waals surface area (Å²) in [6.07, 6.45) is 0. The number of nitrogens with zero attached hydrogens (tertiary/aromatic N) is 5. The monoisotopic (exact) mass is 1640 g/mol. The van der Waals surface area contributed by atoms with E-state index in [1.54, 1.807) is 4.57 Å². The molecule has 19 aromatic carbocycles. The summed E-state index contributed by atoms with van der Waals surface area (Å²) in [6, 6.07) is 138. The molecule has 0 fully saturated rings. The van der Waals surface area contributed by atoms with Gasteiger partial charge in [0.05, 0.1) is 55.4 Å². The third-order valence-electron chi connectivity index (χ3n) is 26.6. The Morgan fingerprint density at radius 2 is 0.531 bits per heavy atom. The van der Waals surface area contributed by atoms with E-state index in [9.17, 15) is 11.0 Å². The van der Waals surface area contributed by atoms with Crippen LogP contribution in [0.2, 0.25) is 0 Å². The Balaban J connectivity index is 0.890. The lowest BCUT2D eigenvalue weighted by molar-refractivity contribution is 0.590. The molecule has 2 aliphatic rings. The van der Waals surface area contributed by atoms with Gasteiger partial charge in [0.1, 0.15) is 0 Å². The Kier molecular flexibility index (Phi) is 15.9. The molecule has 0 atom stereocenters. The zero-order valence-electron chi connectivity index (χ0n) is 79.8. The van der Waals surface area contributed by atoms with Gasteiger partial charge in [0.15, 0.2) is 0 Å². The van der Waals surface area contributed by atoms with E-state index in [0.29, 0.717) is 11.4 Å². The van der Waals surface area contributed by atoms with E-state index < -0.39 is 43.0 Å². The summed E-state index contributed by atoms with van der Waals surface area (Å²) in [5, 5.41) is 4.39. The Labute approximate surface area is 758 Å². The number of fused-ring (bicyclic) bond motifs is 13. The Bertz CT molecular complexity index is 8490. The fourth-order valence-corrected chi connectivity index (χ4v) is 20.4. The molecular weight excluding hydrogens is 1550 g/mol. The zero-order chi connectivity index (χ0) is 92.6. The lowest BCUT2D eigenvalue weighted by atomic mass is 9.33. The number of anilines is 6. The molecule has 0 radical (unpaired) electrons. The molecule has 0 N–H and O–H groups in total. The molecule has 0 aliphatic carbocycles. The zero-order valence-corrected chi connectivity index (χ0v) is 71.8. The van der Waals surface area contributed by atoms with Gasteiger partial charge in [0.2, 0.25) is 0 Å². The molecule has 5 heterocycles. The average molecular weight is 1640 g/mol. The fourth-order valence-electron chi connectivity index (χ4n) is 20.4. The maximum atomic E-state index is 10.1. The minimum atomic E-state index is -0.605. The molecule has 0 amide bonds. The van der Waals surface area contributed by atoms with Crippen LogP contribution in [0.5, 0.6) is 0 Å². The normalized spacial score (nSPS) is 13.4. The summed E-state index contributed by atoms with van der Waals surface area (Å²) < 4.78 is 83.9. The highest BCUT2D eigenvalue weighted by Gasteiger charge is 2.46. The van der Waals surface area contributed by atoms with Crippen LogP contribution in [0.3, 0.4) is 0 Å². The van der Waals surface area contributed by atoms with Gasteiger partial charge in [-0.1, -0.05) is 351 Å². The summed E-state index contributed by atoms with van der Waals surface area (Å²) in [5.41, 5.74) is 32.9. The van der Waals surface area contributed by atoms with Gasteiger partial charge in [-0.15, -0.1) is 0 Å². The Hall–Kier alpha value is -15.8. The standard InChI is InChI=1S/C122H90BN5/c1-121(2,3)91-60-53-79(54-61-91)88-71-100(81-33-13-7-14-34-81)119(101(72-88)82-35-15-8-16-36-82)127-114-75-87(85-58-67-112-104(69-85)98-47-27-31-51-110(98)124(112)93-41-21-11-22-42-93)57-65-106(114)123-107-66-64-95(126-108-49-29-25-45-96(108)97-46-26-30-50-109(97)126)78-115(107)128(117-77-90(76-116(127)118(117)123)86-59-68-113-105(70-86)99-48-28-32-52-111(99)125(113)94-43-23-12-24-44-94)120-102(83-37-17-9-18-38-83)73-89(74-103(120)84-39-19-10-20-40-84)80-55-62-92(63-56-80)122(4,5)6/h7-78H,1-6H3/i25D,26D,29D,30D,45D,46D,49D,50D. The van der Waals surface area contributed by atoms with E-state index in [2.05, 4.69) is 443 Å². The lowest BCUT2D eigenvalue weighted by Crippen LogP contribution is -2.61. The van der Waals surface area contributed by atoms with Crippen molar-refractivity contribution in [2.45, 2.75) is 52.4 Å². The molecule has 24 rings (SSSR count). The van der Waals surface area contributed by atoms with Crippen LogP contribution in [-0.2, 0) is 10.8 Å². The van der Waals surface area contributed by atoms with Crippen LogP contribution < -0.4 is 26.2 Å². The van der Waals surface area contributed by atoms with Gasteiger partial charge in [0, 0.05) is 94.4 Å². The van der Waals surface area contributed by atoms with Crippen LogP contribution in [0.1, 0.15) is 63.6 Å². The van der Waals surface area contributed by atoms with Crippen molar-refractivity contribution in [3.63, 3.8) is 0 Å². The van der Waals surface area contributed by atoms with Crippen molar-refractivity contribution in [2.24, 2.45) is 0 Å². The van der Waals surface area contributed by atoms with Gasteiger partial charge in [0.25, 0.3) is 6.71 Å². The Morgan fingerprint density at radius 1 is 0.219 bits per heavy atom. The van der Waals surface area contributed by atoms with Gasteiger partial charge in [-0.2, -0.15) is 0 Å². The number of rotatable bonds is 13. The second-order valence-electron chi connectivity index (χ2n) is 36.1. The maximum absolute atomic E-state index is 10.1. The first-order valence-corrected chi connectivity index (χ1v) is 44.1. The van der Waals surface area contributed by atoms with E-state index in [1.165, 1.54) is 11.1 Å². The SMILES string of the molecule is [2H]c1c([2H])c([2H])c2c(c1[2H])c1c([2H])c([2H])c([2H])c([2H])c1n2-c1ccc2c(c1)N(c1c(-c3ccccc3)cc(-c3ccc(C(C)(C)C)cc3)cc1-c1ccccc1)c1cc(-c3ccc4c(c3)c3ccccc3n4-c3ccccc3)cc3c1B2c1ccc(-c2ccc4c(c2)c2ccccc2n4-c2ccccc2)cc1N3c1c(-c2ccccc2)cc(-c2ccc(C(C)(C)C)cc2)cc1-c1ccccc1. The van der Waals surface area contributed by atoms with E-state index in [1.807, 2.05) is 6.07 Å². The molecule has 0 spiro atoms. The highest BCUT2D eigenvalue weighted by atomic mass is 15.2. The third-order valence-corrected chi connectivity index (χ3v) is 26.6. The number of para-hydroxylation sites is 6. The molecule has 0 saturated heterocycles. The molecule has 0 bridgehead atoms. The quantitative estimate of drug-likeness (QED) is 0.107. The van der Waals surface area contributed by atoms with E-state index in [-0.39, 0.29) is 44.7 Å². The third kappa shape index (κ3) is 12.5. The highest BCUT2D eigenvalue weighted by molar-refractivity contribution is 7.00. The molecule has 6 heteroatoms. The molecule has 0 unspecified atom stereocenters. The van der Waals surface area contributed by atoms with Gasteiger partial charge in [-0.3, -0.25) is 0 Å². The molecular formula is C122H90BN5. The lowest BCUT2D eigenvalue weighted by Gasteiger charge is -2.46. The van der Waals surface area contributed by atoms with Crippen LogP contribution in [0.25, 0.3) is 171 Å². The van der Waals surface area contributed by atoms with E-state index in [4.69, 9.17) is 0 Å². The molecule has 3 aromatic heterocycles. The molecule has 0 saturated carbocycles. The average Bonchev–Trinajstić information content (AvgIpc) is 1.22. The summed E-state index contributed by atoms with van der Waals surface area (Å²) in [6.45, 7) is 12.9. The molecule has 2 aliphatic heterocycles. The van der Waals surface area contributed by atoms with Crippen LogP contribution in [-0.4, -0.2) is 20.4 Å². The van der Waals surface area contributed by atoms with Crippen molar-refractivity contribution in [1.29, 1.82) is 0 Å².